The van der Waals surface area contributed by atoms with Crippen LogP contribution in [0.1, 0.15) is 29.4 Å². The summed E-state index contributed by atoms with van der Waals surface area (Å²) in [6.45, 7) is 6.63. The Kier molecular flexibility index (Phi) is 8.10. The molecular weight excluding hydrogens is 478 g/mol. The SMILES string of the molecule is CCc1cccc(C)c1NC(=O)CSc1nnc(CNc2ccc(C)cc2)n1-c1ccc(Cl)cc1. The largest absolute Gasteiger partial charge is 0.378 e. The van der Waals surface area contributed by atoms with Crippen molar-refractivity contribution in [2.75, 3.05) is 16.4 Å². The Bertz CT molecular complexity index is 1300. The number of aryl methyl sites for hydroxylation is 3. The van der Waals surface area contributed by atoms with Crippen LogP contribution in [0.3, 0.4) is 0 Å². The number of carbonyl (C=O) groups is 1. The number of para-hydroxylation sites is 1. The molecule has 1 aromatic heterocycles. The summed E-state index contributed by atoms with van der Waals surface area (Å²) in [6.07, 6.45) is 0.854. The molecule has 0 unspecified atom stereocenters. The lowest BCUT2D eigenvalue weighted by molar-refractivity contribution is -0.113. The van der Waals surface area contributed by atoms with Gasteiger partial charge in [-0.2, -0.15) is 0 Å². The molecule has 2 N–H and O–H groups in total. The minimum absolute atomic E-state index is 0.0796. The topological polar surface area (TPSA) is 71.8 Å². The number of anilines is 2. The van der Waals surface area contributed by atoms with E-state index in [1.54, 1.807) is 0 Å². The Morgan fingerprint density at radius 3 is 2.46 bits per heavy atom. The molecule has 8 heteroatoms. The number of carbonyl (C=O) groups excluding carboxylic acids is 1. The van der Waals surface area contributed by atoms with E-state index in [9.17, 15) is 4.79 Å². The number of halogens is 1. The number of aromatic nitrogens is 3. The van der Waals surface area contributed by atoms with Crippen LogP contribution in [0.25, 0.3) is 5.69 Å². The smallest absolute Gasteiger partial charge is 0.234 e. The summed E-state index contributed by atoms with van der Waals surface area (Å²) in [6, 6.07) is 21.8. The van der Waals surface area contributed by atoms with Crippen LogP contribution in [-0.2, 0) is 17.8 Å². The molecule has 0 bridgehead atoms. The van der Waals surface area contributed by atoms with E-state index in [4.69, 9.17) is 11.6 Å². The second kappa shape index (κ2) is 11.4. The predicted molar refractivity (Wildman–Crippen MR) is 145 cm³/mol. The van der Waals surface area contributed by atoms with Crippen molar-refractivity contribution < 1.29 is 4.79 Å². The number of benzene rings is 3. The summed E-state index contributed by atoms with van der Waals surface area (Å²) in [5.74, 6) is 0.876. The third-order valence-corrected chi connectivity index (χ3v) is 6.81. The second-order valence-corrected chi connectivity index (χ2v) is 9.61. The van der Waals surface area contributed by atoms with Gasteiger partial charge in [-0.05, 0) is 67.8 Å². The van der Waals surface area contributed by atoms with Gasteiger partial charge in [0.1, 0.15) is 0 Å². The van der Waals surface area contributed by atoms with Gasteiger partial charge in [-0.1, -0.05) is 66.2 Å². The van der Waals surface area contributed by atoms with Crippen molar-refractivity contribution in [3.05, 3.63) is 94.3 Å². The molecule has 0 aliphatic heterocycles. The van der Waals surface area contributed by atoms with Gasteiger partial charge in [0.25, 0.3) is 0 Å². The van der Waals surface area contributed by atoms with E-state index >= 15 is 0 Å². The highest BCUT2D eigenvalue weighted by molar-refractivity contribution is 7.99. The van der Waals surface area contributed by atoms with E-state index < -0.39 is 0 Å². The zero-order chi connectivity index (χ0) is 24.8. The highest BCUT2D eigenvalue weighted by Gasteiger charge is 2.17. The van der Waals surface area contributed by atoms with E-state index in [1.807, 2.05) is 66.1 Å². The zero-order valence-electron chi connectivity index (χ0n) is 20.0. The molecule has 0 aliphatic rings. The zero-order valence-corrected chi connectivity index (χ0v) is 21.6. The lowest BCUT2D eigenvalue weighted by atomic mass is 10.1. The summed E-state index contributed by atoms with van der Waals surface area (Å²) in [5.41, 5.74) is 6.15. The Labute approximate surface area is 215 Å². The average molecular weight is 506 g/mol. The highest BCUT2D eigenvalue weighted by Crippen LogP contribution is 2.26. The molecule has 1 amide bonds. The molecule has 4 rings (SSSR count). The van der Waals surface area contributed by atoms with Crippen molar-refractivity contribution in [2.24, 2.45) is 0 Å². The third kappa shape index (κ3) is 6.24. The van der Waals surface area contributed by atoms with Gasteiger partial charge in [0.05, 0.1) is 12.3 Å². The van der Waals surface area contributed by atoms with E-state index in [0.717, 1.165) is 40.4 Å². The first-order valence-electron chi connectivity index (χ1n) is 11.5. The van der Waals surface area contributed by atoms with Crippen LogP contribution in [0.2, 0.25) is 5.02 Å². The Morgan fingerprint density at radius 2 is 1.74 bits per heavy atom. The molecule has 0 radical (unpaired) electrons. The quantitative estimate of drug-likeness (QED) is 0.256. The summed E-state index contributed by atoms with van der Waals surface area (Å²) in [7, 11) is 0. The molecular formula is C27H28ClN5OS. The second-order valence-electron chi connectivity index (χ2n) is 8.23. The molecule has 0 spiro atoms. The molecule has 0 saturated heterocycles. The summed E-state index contributed by atoms with van der Waals surface area (Å²) in [4.78, 5) is 12.8. The Hall–Kier alpha value is -3.29. The third-order valence-electron chi connectivity index (χ3n) is 5.62. The Balaban J connectivity index is 1.52. The Morgan fingerprint density at radius 1 is 1.00 bits per heavy atom. The van der Waals surface area contributed by atoms with Gasteiger partial charge in [-0.15, -0.1) is 10.2 Å². The fourth-order valence-corrected chi connectivity index (χ4v) is 4.61. The minimum atomic E-state index is -0.0796. The van der Waals surface area contributed by atoms with E-state index in [-0.39, 0.29) is 11.7 Å². The van der Waals surface area contributed by atoms with Crippen LogP contribution in [0.4, 0.5) is 11.4 Å². The lowest BCUT2D eigenvalue weighted by Gasteiger charge is -2.14. The molecule has 4 aromatic rings. The van der Waals surface area contributed by atoms with Crippen molar-refractivity contribution in [2.45, 2.75) is 38.9 Å². The van der Waals surface area contributed by atoms with Crippen LogP contribution in [0.5, 0.6) is 0 Å². The van der Waals surface area contributed by atoms with E-state index in [1.165, 1.54) is 17.3 Å². The highest BCUT2D eigenvalue weighted by atomic mass is 35.5. The molecule has 1 heterocycles. The van der Waals surface area contributed by atoms with Crippen LogP contribution < -0.4 is 10.6 Å². The number of thioether (sulfide) groups is 1. The normalized spacial score (nSPS) is 10.9. The monoisotopic (exact) mass is 505 g/mol. The fourth-order valence-electron chi connectivity index (χ4n) is 3.72. The number of amides is 1. The standard InChI is InChI=1S/C27H28ClN5OS/c1-4-20-7-5-6-19(3)26(20)30-25(34)17-35-27-32-31-24(16-29-22-12-8-18(2)9-13-22)33(27)23-14-10-21(28)11-15-23/h5-15,29H,4,16-17H2,1-3H3,(H,30,34). The van der Waals surface area contributed by atoms with Gasteiger partial charge in [-0.3, -0.25) is 9.36 Å². The van der Waals surface area contributed by atoms with Crippen molar-refractivity contribution in [3.63, 3.8) is 0 Å². The maximum absolute atomic E-state index is 12.8. The average Bonchev–Trinajstić information content (AvgIpc) is 3.27. The van der Waals surface area contributed by atoms with Gasteiger partial charge in [-0.25, -0.2) is 0 Å². The van der Waals surface area contributed by atoms with Crippen molar-refractivity contribution >= 4 is 40.6 Å². The summed E-state index contributed by atoms with van der Waals surface area (Å²) >= 11 is 7.47. The lowest BCUT2D eigenvalue weighted by Crippen LogP contribution is -2.17. The first kappa shape index (κ1) is 24.8. The van der Waals surface area contributed by atoms with Crippen LogP contribution in [0, 0.1) is 13.8 Å². The number of hydrogen-bond acceptors (Lipinski definition) is 5. The maximum Gasteiger partial charge on any atom is 0.234 e. The molecule has 180 valence electrons. The van der Waals surface area contributed by atoms with Gasteiger partial charge < -0.3 is 10.6 Å². The summed E-state index contributed by atoms with van der Waals surface area (Å²) in [5, 5.41) is 16.6. The molecule has 6 nitrogen and oxygen atoms in total. The van der Waals surface area contributed by atoms with E-state index in [2.05, 4.69) is 46.8 Å². The fraction of sp³-hybridized carbons (Fsp3) is 0.222. The predicted octanol–water partition coefficient (Wildman–Crippen LogP) is 6.44. The van der Waals surface area contributed by atoms with Crippen LogP contribution in [0.15, 0.2) is 71.9 Å². The van der Waals surface area contributed by atoms with Gasteiger partial charge in [0.15, 0.2) is 11.0 Å². The first-order chi connectivity index (χ1) is 16.9. The molecule has 35 heavy (non-hydrogen) atoms. The van der Waals surface area contributed by atoms with Gasteiger partial charge in [0, 0.05) is 22.1 Å². The van der Waals surface area contributed by atoms with Crippen LogP contribution in [-0.4, -0.2) is 26.4 Å². The molecule has 0 saturated carbocycles. The number of nitrogens with one attached hydrogen (secondary N) is 2. The number of rotatable bonds is 9. The molecule has 3 aromatic carbocycles. The van der Waals surface area contributed by atoms with Crippen molar-refractivity contribution in [1.29, 1.82) is 0 Å². The van der Waals surface area contributed by atoms with Gasteiger partial charge in [0.2, 0.25) is 5.91 Å². The first-order valence-corrected chi connectivity index (χ1v) is 12.8. The molecule has 0 atom stereocenters. The minimum Gasteiger partial charge on any atom is -0.378 e. The number of hydrogen-bond donors (Lipinski definition) is 2. The van der Waals surface area contributed by atoms with Crippen LogP contribution >= 0.6 is 23.4 Å². The molecule has 0 aliphatic carbocycles. The summed E-state index contributed by atoms with van der Waals surface area (Å²) < 4.78 is 1.96. The van der Waals surface area contributed by atoms with Crippen molar-refractivity contribution in [3.8, 4) is 5.69 Å². The van der Waals surface area contributed by atoms with E-state index in [0.29, 0.717) is 16.7 Å². The molecule has 0 fully saturated rings. The van der Waals surface area contributed by atoms with Crippen molar-refractivity contribution in [1.82, 2.24) is 14.8 Å². The number of nitrogens with zero attached hydrogens (tertiary/aromatic N) is 3. The maximum atomic E-state index is 12.8. The van der Waals surface area contributed by atoms with Gasteiger partial charge >= 0.3 is 0 Å².